The van der Waals surface area contributed by atoms with Crippen LogP contribution in [0.5, 0.6) is 0 Å². The van der Waals surface area contributed by atoms with E-state index in [2.05, 4.69) is 16.9 Å². The van der Waals surface area contributed by atoms with Gasteiger partial charge in [-0.15, -0.1) is 24.8 Å². The zero-order valence-electron chi connectivity index (χ0n) is 10.3. The molecule has 1 N–H and O–H groups in total. The molecule has 0 aromatic rings. The number of rotatable bonds is 5. The summed E-state index contributed by atoms with van der Waals surface area (Å²) in [7, 11) is 4.99. The molecule has 0 bridgehead atoms. The van der Waals surface area contributed by atoms with Gasteiger partial charge in [-0.25, -0.2) is 0 Å². The van der Waals surface area contributed by atoms with Gasteiger partial charge < -0.3 is 9.97 Å². The first-order chi connectivity index (χ1) is 7.29. The van der Waals surface area contributed by atoms with Gasteiger partial charge in [0.05, 0.1) is 5.92 Å². The highest BCUT2D eigenvalue weighted by molar-refractivity contribution is 6.05. The van der Waals surface area contributed by atoms with E-state index >= 15 is 0 Å². The third-order valence-corrected chi connectivity index (χ3v) is 3.24. The Labute approximate surface area is 118 Å². The molecule has 3 nitrogen and oxygen atoms in total. The number of unbranched alkanes of at least 4 members (excludes halogenated alkanes) is 1. The quantitative estimate of drug-likeness (QED) is 0.786. The Bertz CT molecular complexity index is 202. The minimum absolute atomic E-state index is 0. The smallest absolute Gasteiger partial charge is 0.378 e. The van der Waals surface area contributed by atoms with Gasteiger partial charge in [0.2, 0.25) is 0 Å². The van der Waals surface area contributed by atoms with E-state index in [4.69, 9.17) is 8.05 Å². The van der Waals surface area contributed by atoms with Gasteiger partial charge in [0, 0.05) is 0 Å². The second kappa shape index (κ2) is 11.2. The molecule has 1 saturated heterocycles. The van der Waals surface area contributed by atoms with E-state index < -0.39 is 0 Å². The number of carbonyl (C=O) groups is 1. The molecule has 2 radical (unpaired) electrons. The lowest BCUT2D eigenvalue weighted by atomic mass is 9.82. The molecule has 0 saturated carbocycles. The summed E-state index contributed by atoms with van der Waals surface area (Å²) >= 11 is 0. The van der Waals surface area contributed by atoms with Crippen molar-refractivity contribution in [2.24, 2.45) is 11.8 Å². The van der Waals surface area contributed by atoms with Crippen LogP contribution in [0.2, 0.25) is 0 Å². The third-order valence-electron chi connectivity index (χ3n) is 3.24. The number of nitrogens with one attached hydrogen (secondary N) is 1. The number of hydrogen-bond donors (Lipinski definition) is 1. The molecule has 0 spiro atoms. The van der Waals surface area contributed by atoms with Crippen LogP contribution in [-0.4, -0.2) is 27.1 Å². The maximum atomic E-state index is 11.5. The average Bonchev–Trinajstić information content (AvgIpc) is 2.30. The zero-order valence-corrected chi connectivity index (χ0v) is 11.9. The molecule has 100 valence electrons. The summed E-state index contributed by atoms with van der Waals surface area (Å²) in [6.07, 6.45) is 5.22. The van der Waals surface area contributed by atoms with Crippen LogP contribution in [0.15, 0.2) is 0 Å². The standard InChI is InChI=1S/C11H20BNO2.2ClH/c1-2-3-4-10(11(14)15-12)9-5-7-13-8-6-9;;/h9-10,13H,2-8H2,1H3;2*1H. The van der Waals surface area contributed by atoms with E-state index in [1.165, 1.54) is 0 Å². The molecule has 0 amide bonds. The van der Waals surface area contributed by atoms with Gasteiger partial charge in [-0.05, 0) is 38.3 Å². The number of hydrogen-bond acceptors (Lipinski definition) is 3. The van der Waals surface area contributed by atoms with Crippen molar-refractivity contribution < 1.29 is 9.45 Å². The van der Waals surface area contributed by atoms with E-state index in [0.717, 1.165) is 45.2 Å². The largest absolute Gasteiger partial charge is 0.543 e. The third kappa shape index (κ3) is 6.53. The van der Waals surface area contributed by atoms with Crippen molar-refractivity contribution in [3.8, 4) is 0 Å². The lowest BCUT2D eigenvalue weighted by molar-refractivity contribution is -0.141. The van der Waals surface area contributed by atoms with Crippen LogP contribution in [0.25, 0.3) is 0 Å². The summed E-state index contributed by atoms with van der Waals surface area (Å²) in [6, 6.07) is 0. The first-order valence-corrected chi connectivity index (χ1v) is 5.90. The minimum Gasteiger partial charge on any atom is -0.543 e. The van der Waals surface area contributed by atoms with Crippen LogP contribution in [-0.2, 0) is 9.45 Å². The number of piperidine rings is 1. The van der Waals surface area contributed by atoms with Gasteiger partial charge >= 0.3 is 8.05 Å². The molecule has 17 heavy (non-hydrogen) atoms. The predicted molar refractivity (Wildman–Crippen MR) is 75.0 cm³/mol. The zero-order chi connectivity index (χ0) is 11.1. The fourth-order valence-corrected chi connectivity index (χ4v) is 2.30. The summed E-state index contributed by atoms with van der Waals surface area (Å²) in [4.78, 5) is 11.5. The summed E-state index contributed by atoms with van der Waals surface area (Å²) in [6.45, 7) is 4.14. The van der Waals surface area contributed by atoms with Crippen molar-refractivity contribution in [1.29, 1.82) is 0 Å². The normalized spacial score (nSPS) is 17.5. The lowest BCUT2D eigenvalue weighted by Gasteiger charge is -2.29. The highest BCUT2D eigenvalue weighted by Gasteiger charge is 2.29. The Balaban J connectivity index is 0. The summed E-state index contributed by atoms with van der Waals surface area (Å²) in [5.74, 6) is 0.237. The van der Waals surface area contributed by atoms with E-state index in [1.807, 2.05) is 0 Å². The number of halogens is 2. The van der Waals surface area contributed by atoms with Crippen LogP contribution in [0.1, 0.15) is 39.0 Å². The maximum absolute atomic E-state index is 11.5. The van der Waals surface area contributed by atoms with E-state index in [1.54, 1.807) is 0 Å². The van der Waals surface area contributed by atoms with E-state index in [0.29, 0.717) is 5.92 Å². The summed E-state index contributed by atoms with van der Waals surface area (Å²) < 4.78 is 4.40. The van der Waals surface area contributed by atoms with Crippen LogP contribution >= 0.6 is 24.8 Å². The van der Waals surface area contributed by atoms with Crippen molar-refractivity contribution in [1.82, 2.24) is 5.32 Å². The molecule has 1 rings (SSSR count). The molecule has 1 aliphatic rings. The highest BCUT2D eigenvalue weighted by atomic mass is 35.5. The molecular formula is C11H22BCl2NO2. The Kier molecular flexibility index (Phi) is 12.8. The van der Waals surface area contributed by atoms with Crippen molar-refractivity contribution in [2.75, 3.05) is 13.1 Å². The van der Waals surface area contributed by atoms with Gasteiger partial charge in [-0.1, -0.05) is 19.8 Å². The predicted octanol–water partition coefficient (Wildman–Crippen LogP) is 2.26. The average molecular weight is 282 g/mol. The Morgan fingerprint density at radius 2 is 2.00 bits per heavy atom. The highest BCUT2D eigenvalue weighted by Crippen LogP contribution is 2.27. The molecule has 1 fully saturated rings. The second-order valence-electron chi connectivity index (χ2n) is 4.27. The van der Waals surface area contributed by atoms with Crippen LogP contribution in [0.3, 0.4) is 0 Å². The Hall–Kier alpha value is 0.0749. The number of carbonyl (C=O) groups excluding carboxylic acids is 1. The van der Waals surface area contributed by atoms with Crippen LogP contribution < -0.4 is 5.32 Å². The second-order valence-corrected chi connectivity index (χ2v) is 4.27. The maximum Gasteiger partial charge on any atom is 0.378 e. The van der Waals surface area contributed by atoms with E-state index in [9.17, 15) is 4.79 Å². The van der Waals surface area contributed by atoms with Gasteiger partial charge in [0.25, 0.3) is 5.97 Å². The first-order valence-electron chi connectivity index (χ1n) is 5.90. The summed E-state index contributed by atoms with van der Waals surface area (Å²) in [5.41, 5.74) is 0. The fraction of sp³-hybridized carbons (Fsp3) is 0.909. The first kappa shape index (κ1) is 19.4. The Morgan fingerprint density at radius 1 is 1.41 bits per heavy atom. The van der Waals surface area contributed by atoms with Gasteiger partial charge in [-0.2, -0.15) is 0 Å². The minimum atomic E-state index is -0.227. The van der Waals surface area contributed by atoms with Crippen molar-refractivity contribution in [3.63, 3.8) is 0 Å². The SMILES string of the molecule is Cl.Cl.[B]OC(=O)C(CCCC)C1CCNCC1. The topological polar surface area (TPSA) is 38.3 Å². The summed E-state index contributed by atoms with van der Waals surface area (Å²) in [5, 5.41) is 3.30. The molecule has 0 aromatic carbocycles. The lowest BCUT2D eigenvalue weighted by Crippen LogP contribution is -2.35. The van der Waals surface area contributed by atoms with Gasteiger partial charge in [0.15, 0.2) is 0 Å². The molecule has 1 atom stereocenters. The molecule has 0 aliphatic carbocycles. The van der Waals surface area contributed by atoms with Crippen molar-refractivity contribution in [2.45, 2.75) is 39.0 Å². The Morgan fingerprint density at radius 3 is 2.47 bits per heavy atom. The molecule has 1 unspecified atom stereocenters. The van der Waals surface area contributed by atoms with Gasteiger partial charge in [-0.3, -0.25) is 4.79 Å². The van der Waals surface area contributed by atoms with Crippen molar-refractivity contribution in [3.05, 3.63) is 0 Å². The van der Waals surface area contributed by atoms with E-state index in [-0.39, 0.29) is 36.7 Å². The molecule has 6 heteroatoms. The monoisotopic (exact) mass is 281 g/mol. The van der Waals surface area contributed by atoms with Crippen LogP contribution in [0, 0.1) is 11.8 Å². The van der Waals surface area contributed by atoms with Crippen LogP contribution in [0.4, 0.5) is 0 Å². The molecule has 1 aliphatic heterocycles. The van der Waals surface area contributed by atoms with Gasteiger partial charge in [0.1, 0.15) is 0 Å². The molecule has 1 heterocycles. The molecular weight excluding hydrogens is 260 g/mol. The van der Waals surface area contributed by atoms with Crippen molar-refractivity contribution >= 4 is 38.8 Å². The fourth-order valence-electron chi connectivity index (χ4n) is 2.30. The molecule has 0 aromatic heterocycles.